The second kappa shape index (κ2) is 7.78. The fraction of sp³-hybridized carbons (Fsp3) is 0.917. The summed E-state index contributed by atoms with van der Waals surface area (Å²) < 4.78 is 53.2. The number of ether oxygens (including phenoxy) is 1. The van der Waals surface area contributed by atoms with Gasteiger partial charge in [0.15, 0.2) is 0 Å². The monoisotopic (exact) mass is 300 g/mol. The van der Waals surface area contributed by atoms with Gasteiger partial charge >= 0.3 is 12.3 Å². The minimum atomic E-state index is -4.22. The van der Waals surface area contributed by atoms with E-state index in [9.17, 15) is 22.4 Å². The quantitative estimate of drug-likeness (QED) is 0.725. The van der Waals surface area contributed by atoms with E-state index in [0.717, 1.165) is 25.9 Å². The third-order valence-electron chi connectivity index (χ3n) is 3.16. The maximum Gasteiger partial charge on any atom is 0.330 e. The van der Waals surface area contributed by atoms with Crippen LogP contribution >= 0.6 is 0 Å². The van der Waals surface area contributed by atoms with Gasteiger partial charge in [0, 0.05) is 12.6 Å². The summed E-state index contributed by atoms with van der Waals surface area (Å²) in [7, 11) is 0. The highest BCUT2D eigenvalue weighted by Gasteiger charge is 2.41. The summed E-state index contributed by atoms with van der Waals surface area (Å²) in [6, 6.07) is -0.0459. The molecule has 4 nitrogen and oxygen atoms in total. The van der Waals surface area contributed by atoms with E-state index in [1.54, 1.807) is 0 Å². The Hall–Kier alpha value is -0.890. The number of alkyl halides is 4. The van der Waals surface area contributed by atoms with Crippen molar-refractivity contribution in [3.63, 3.8) is 0 Å². The van der Waals surface area contributed by atoms with Gasteiger partial charge in [-0.2, -0.15) is 8.78 Å². The number of carbonyl (C=O) groups excluding carboxylic acids is 1. The third kappa shape index (κ3) is 5.62. The second-order valence-electron chi connectivity index (χ2n) is 4.85. The zero-order valence-corrected chi connectivity index (χ0v) is 11.4. The number of hydrogen-bond donors (Lipinski definition) is 1. The first kappa shape index (κ1) is 17.2. The van der Waals surface area contributed by atoms with Crippen molar-refractivity contribution in [3.8, 4) is 0 Å². The fourth-order valence-electron chi connectivity index (χ4n) is 2.07. The zero-order valence-electron chi connectivity index (χ0n) is 11.4. The molecule has 0 radical (unpaired) electrons. The molecule has 20 heavy (non-hydrogen) atoms. The van der Waals surface area contributed by atoms with Crippen molar-refractivity contribution >= 4 is 5.91 Å². The number of amides is 1. The van der Waals surface area contributed by atoms with Crippen LogP contribution in [0.25, 0.3) is 0 Å². The van der Waals surface area contributed by atoms with Crippen molar-refractivity contribution in [1.82, 2.24) is 10.2 Å². The lowest BCUT2D eigenvalue weighted by Gasteiger charge is -2.32. The largest absolute Gasteiger partial charge is 0.365 e. The Balaban J connectivity index is 2.23. The van der Waals surface area contributed by atoms with E-state index in [-0.39, 0.29) is 6.04 Å². The smallest absolute Gasteiger partial charge is 0.330 e. The van der Waals surface area contributed by atoms with Crippen LogP contribution in [-0.4, -0.2) is 62.0 Å². The van der Waals surface area contributed by atoms with Crippen molar-refractivity contribution in [2.75, 3.05) is 32.8 Å². The van der Waals surface area contributed by atoms with Crippen LogP contribution < -0.4 is 5.32 Å². The summed E-state index contributed by atoms with van der Waals surface area (Å²) in [4.78, 5) is 13.6. The highest BCUT2D eigenvalue weighted by Crippen LogP contribution is 2.22. The summed E-state index contributed by atoms with van der Waals surface area (Å²) in [5, 5.41) is 2.66. The lowest BCUT2D eigenvalue weighted by atomic mass is 10.1. The molecular weight excluding hydrogens is 280 g/mol. The molecule has 1 rings (SSSR count). The molecule has 1 atom stereocenters. The molecule has 118 valence electrons. The molecule has 0 bridgehead atoms. The molecule has 0 aliphatic carbocycles. The van der Waals surface area contributed by atoms with Crippen LogP contribution in [0.15, 0.2) is 0 Å². The fourth-order valence-corrected chi connectivity index (χ4v) is 2.07. The highest BCUT2D eigenvalue weighted by atomic mass is 19.3. The molecule has 1 N–H and O–H groups in total. The number of likely N-dealkylation sites (tertiary alicyclic amines) is 1. The minimum Gasteiger partial charge on any atom is -0.365 e. The molecule has 0 saturated carbocycles. The van der Waals surface area contributed by atoms with Gasteiger partial charge in [-0.1, -0.05) is 6.92 Å². The Labute approximate surface area is 115 Å². The molecule has 8 heteroatoms. The summed E-state index contributed by atoms with van der Waals surface area (Å²) in [5.74, 6) is -4.78. The number of likely N-dealkylation sites (N-methyl/N-ethyl adjacent to an activating group) is 1. The van der Waals surface area contributed by atoms with Gasteiger partial charge in [0.25, 0.3) is 0 Å². The summed E-state index contributed by atoms with van der Waals surface area (Å²) in [5.41, 5.74) is 0. The maximum atomic E-state index is 12.5. The molecule has 1 heterocycles. The molecule has 0 aromatic heterocycles. The van der Waals surface area contributed by atoms with Crippen LogP contribution in [0.3, 0.4) is 0 Å². The number of nitrogens with zero attached hydrogens (tertiary/aromatic N) is 1. The predicted octanol–water partition coefficient (Wildman–Crippen LogP) is 1.50. The number of rotatable bonds is 7. The van der Waals surface area contributed by atoms with Gasteiger partial charge in [0.1, 0.15) is 13.2 Å². The number of carbonyl (C=O) groups is 1. The van der Waals surface area contributed by atoms with Gasteiger partial charge in [-0.25, -0.2) is 8.78 Å². The molecule has 0 spiro atoms. The van der Waals surface area contributed by atoms with Gasteiger partial charge in [0.05, 0.1) is 0 Å². The molecule has 1 saturated heterocycles. The van der Waals surface area contributed by atoms with Crippen LogP contribution in [0.2, 0.25) is 0 Å². The average Bonchev–Trinajstić information content (AvgIpc) is 2.38. The van der Waals surface area contributed by atoms with Crippen molar-refractivity contribution < 1.29 is 27.1 Å². The Morgan fingerprint density at radius 1 is 1.50 bits per heavy atom. The average molecular weight is 300 g/mol. The number of hydrogen-bond acceptors (Lipinski definition) is 3. The van der Waals surface area contributed by atoms with Crippen LogP contribution in [0.4, 0.5) is 17.6 Å². The Morgan fingerprint density at radius 2 is 2.20 bits per heavy atom. The summed E-state index contributed by atoms with van der Waals surface area (Å²) in [6.45, 7) is 2.48. The van der Waals surface area contributed by atoms with Gasteiger partial charge < -0.3 is 15.0 Å². The first-order valence-corrected chi connectivity index (χ1v) is 6.60. The molecule has 0 aromatic carbocycles. The van der Waals surface area contributed by atoms with Crippen molar-refractivity contribution in [1.29, 1.82) is 0 Å². The SMILES string of the molecule is CCN1CCCC(NC(=O)COCC(F)(F)C(F)F)C1. The Kier molecular flexibility index (Phi) is 6.67. The van der Waals surface area contributed by atoms with E-state index in [1.807, 2.05) is 6.92 Å². The van der Waals surface area contributed by atoms with E-state index in [1.165, 1.54) is 0 Å². The second-order valence-corrected chi connectivity index (χ2v) is 4.85. The number of piperidine rings is 1. The Morgan fingerprint density at radius 3 is 2.80 bits per heavy atom. The van der Waals surface area contributed by atoms with Crippen LogP contribution in [0, 0.1) is 0 Å². The third-order valence-corrected chi connectivity index (χ3v) is 3.16. The predicted molar refractivity (Wildman–Crippen MR) is 65.0 cm³/mol. The van der Waals surface area contributed by atoms with Gasteiger partial charge in [-0.3, -0.25) is 4.79 Å². The van der Waals surface area contributed by atoms with E-state index in [4.69, 9.17) is 0 Å². The molecule has 1 amide bonds. The van der Waals surface area contributed by atoms with Crippen molar-refractivity contribution in [2.45, 2.75) is 38.2 Å². The topological polar surface area (TPSA) is 41.6 Å². The number of halogens is 4. The number of nitrogens with one attached hydrogen (secondary N) is 1. The van der Waals surface area contributed by atoms with Crippen LogP contribution in [0.5, 0.6) is 0 Å². The van der Waals surface area contributed by atoms with Crippen LogP contribution in [-0.2, 0) is 9.53 Å². The standard InChI is InChI=1S/C12H20F4N2O2/c1-2-18-5-3-4-9(6-18)17-10(19)7-20-8-12(15,16)11(13)14/h9,11H,2-8H2,1H3,(H,17,19). The molecule has 1 unspecified atom stereocenters. The minimum absolute atomic E-state index is 0.0459. The lowest BCUT2D eigenvalue weighted by molar-refractivity contribution is -0.168. The van der Waals surface area contributed by atoms with Gasteiger partial charge in [-0.15, -0.1) is 0 Å². The Bertz CT molecular complexity index is 316. The molecule has 1 fully saturated rings. The first-order valence-electron chi connectivity index (χ1n) is 6.60. The summed E-state index contributed by atoms with van der Waals surface area (Å²) in [6.07, 6.45) is -2.03. The van der Waals surface area contributed by atoms with Crippen LogP contribution in [0.1, 0.15) is 19.8 Å². The highest BCUT2D eigenvalue weighted by molar-refractivity contribution is 5.77. The summed E-state index contributed by atoms with van der Waals surface area (Å²) >= 11 is 0. The van der Waals surface area contributed by atoms with E-state index >= 15 is 0 Å². The molecular formula is C12H20F4N2O2. The van der Waals surface area contributed by atoms with E-state index < -0.39 is 31.5 Å². The normalized spacial score (nSPS) is 21.2. The van der Waals surface area contributed by atoms with E-state index in [2.05, 4.69) is 15.0 Å². The maximum absolute atomic E-state index is 12.5. The molecule has 1 aliphatic heterocycles. The van der Waals surface area contributed by atoms with Gasteiger partial charge in [-0.05, 0) is 25.9 Å². The zero-order chi connectivity index (χ0) is 15.2. The van der Waals surface area contributed by atoms with Crippen molar-refractivity contribution in [3.05, 3.63) is 0 Å². The molecule has 1 aliphatic rings. The van der Waals surface area contributed by atoms with E-state index in [0.29, 0.717) is 6.54 Å². The first-order chi connectivity index (χ1) is 9.35. The van der Waals surface area contributed by atoms with Gasteiger partial charge in [0.2, 0.25) is 5.91 Å². The lowest BCUT2D eigenvalue weighted by Crippen LogP contribution is -2.48. The molecule has 0 aromatic rings. The van der Waals surface area contributed by atoms with Crippen molar-refractivity contribution in [2.24, 2.45) is 0 Å².